The molecule has 1 aliphatic heterocycles. The first-order valence-electron chi connectivity index (χ1n) is 6.71. The maximum absolute atomic E-state index is 13.1. The molecule has 9 heteroatoms. The fourth-order valence-electron chi connectivity index (χ4n) is 2.64. The summed E-state index contributed by atoms with van der Waals surface area (Å²) in [7, 11) is -2.69. The molecule has 0 amide bonds. The first-order chi connectivity index (χ1) is 10.2. The minimum Gasteiger partial charge on any atom is -0.318 e. The number of hydrogen-bond donors (Lipinski definition) is 1. The van der Waals surface area contributed by atoms with Crippen molar-refractivity contribution in [3.05, 3.63) is 29.6 Å². The van der Waals surface area contributed by atoms with E-state index in [1.165, 1.54) is 0 Å². The number of rotatable bonds is 4. The van der Waals surface area contributed by atoms with Crippen LogP contribution in [0.4, 0.5) is 17.6 Å². The summed E-state index contributed by atoms with van der Waals surface area (Å²) < 4.78 is 78.4. The van der Waals surface area contributed by atoms with Crippen molar-refractivity contribution in [2.24, 2.45) is 0 Å². The van der Waals surface area contributed by atoms with Crippen molar-refractivity contribution >= 4 is 10.0 Å². The van der Waals surface area contributed by atoms with E-state index in [0.717, 1.165) is 10.4 Å². The Morgan fingerprint density at radius 2 is 2.05 bits per heavy atom. The van der Waals surface area contributed by atoms with Gasteiger partial charge in [-0.1, -0.05) is 0 Å². The number of nitrogens with zero attached hydrogens (tertiary/aromatic N) is 1. The third kappa shape index (κ3) is 3.26. The lowest BCUT2D eigenvalue weighted by atomic mass is 10.2. The van der Waals surface area contributed by atoms with E-state index >= 15 is 0 Å². The minimum absolute atomic E-state index is 0.156. The average molecular weight is 340 g/mol. The average Bonchev–Trinajstić information content (AvgIpc) is 2.87. The van der Waals surface area contributed by atoms with E-state index in [9.17, 15) is 26.0 Å². The van der Waals surface area contributed by atoms with Crippen LogP contribution in [0.1, 0.15) is 18.4 Å². The largest absolute Gasteiger partial charge is 0.417 e. The summed E-state index contributed by atoms with van der Waals surface area (Å²) in [5.74, 6) is -1.13. The summed E-state index contributed by atoms with van der Waals surface area (Å²) in [6.45, 7) is 0.505. The number of likely N-dealkylation sites (N-methyl/N-ethyl adjacent to an activating group) is 1. The zero-order chi connectivity index (χ0) is 16.5. The summed E-state index contributed by atoms with van der Waals surface area (Å²) in [5.41, 5.74) is -1.47. The molecule has 1 atom stereocenters. The highest BCUT2D eigenvalue weighted by Gasteiger charge is 2.42. The second-order valence-corrected chi connectivity index (χ2v) is 6.97. The Kier molecular flexibility index (Phi) is 4.78. The van der Waals surface area contributed by atoms with Crippen molar-refractivity contribution in [3.8, 4) is 0 Å². The van der Waals surface area contributed by atoms with Crippen LogP contribution in [-0.4, -0.2) is 38.9 Å². The molecule has 0 bridgehead atoms. The Morgan fingerprint density at radius 3 is 2.64 bits per heavy atom. The number of sulfonamides is 1. The summed E-state index contributed by atoms with van der Waals surface area (Å²) in [4.78, 5) is -0.899. The van der Waals surface area contributed by atoms with Gasteiger partial charge in [-0.15, -0.1) is 0 Å². The van der Waals surface area contributed by atoms with Crippen molar-refractivity contribution in [1.29, 1.82) is 0 Å². The van der Waals surface area contributed by atoms with Gasteiger partial charge in [-0.3, -0.25) is 0 Å². The van der Waals surface area contributed by atoms with Gasteiger partial charge >= 0.3 is 6.18 Å². The molecule has 124 valence electrons. The Labute approximate surface area is 126 Å². The van der Waals surface area contributed by atoms with E-state index < -0.39 is 38.5 Å². The van der Waals surface area contributed by atoms with Crippen LogP contribution in [0.15, 0.2) is 23.1 Å². The van der Waals surface area contributed by atoms with Gasteiger partial charge in [0.25, 0.3) is 0 Å². The quantitative estimate of drug-likeness (QED) is 0.855. The molecule has 0 saturated carbocycles. The summed E-state index contributed by atoms with van der Waals surface area (Å²) in [6, 6.07) is 1.23. The van der Waals surface area contributed by atoms with Gasteiger partial charge in [-0.05, 0) is 38.1 Å². The van der Waals surface area contributed by atoms with Crippen molar-refractivity contribution in [3.63, 3.8) is 0 Å². The third-order valence-corrected chi connectivity index (χ3v) is 5.61. The first kappa shape index (κ1) is 17.2. The molecular formula is C13H16F4N2O2S. The molecule has 0 spiro atoms. The van der Waals surface area contributed by atoms with Crippen molar-refractivity contribution in [2.45, 2.75) is 30.0 Å². The van der Waals surface area contributed by atoms with E-state index in [2.05, 4.69) is 5.32 Å². The highest BCUT2D eigenvalue weighted by molar-refractivity contribution is 7.89. The molecule has 1 aliphatic rings. The lowest BCUT2D eigenvalue weighted by Gasteiger charge is -2.25. The smallest absolute Gasteiger partial charge is 0.318 e. The van der Waals surface area contributed by atoms with Crippen LogP contribution in [0.5, 0.6) is 0 Å². The molecule has 1 aromatic carbocycles. The third-order valence-electron chi connectivity index (χ3n) is 3.60. The van der Waals surface area contributed by atoms with Gasteiger partial charge in [0.2, 0.25) is 10.0 Å². The molecular weight excluding hydrogens is 324 g/mol. The number of alkyl halides is 3. The summed E-state index contributed by atoms with van der Waals surface area (Å²) in [6.07, 6.45) is -3.79. The van der Waals surface area contributed by atoms with Crippen molar-refractivity contribution < 1.29 is 26.0 Å². The monoisotopic (exact) mass is 340 g/mol. The highest BCUT2D eigenvalue weighted by atomic mass is 32.2. The molecule has 2 rings (SSSR count). The molecule has 1 N–H and O–H groups in total. The number of benzene rings is 1. The molecule has 1 saturated heterocycles. The molecule has 1 heterocycles. The van der Waals surface area contributed by atoms with Crippen LogP contribution in [0.3, 0.4) is 0 Å². The van der Waals surface area contributed by atoms with Gasteiger partial charge in [0.1, 0.15) is 5.82 Å². The van der Waals surface area contributed by atoms with Crippen LogP contribution in [0.2, 0.25) is 0 Å². The standard InChI is InChI=1S/C13H16F4N2O2S/c1-18-8-10-3-2-6-19(10)22(20,21)12-5-4-9(14)7-11(12)13(15,16)17/h4-5,7,10,18H,2-3,6,8H2,1H3/t10-/m1/s1. The fourth-order valence-corrected chi connectivity index (χ4v) is 4.53. The van der Waals surface area contributed by atoms with Crippen LogP contribution in [0.25, 0.3) is 0 Å². The van der Waals surface area contributed by atoms with Gasteiger partial charge in [-0.25, -0.2) is 12.8 Å². The lowest BCUT2D eigenvalue weighted by Crippen LogP contribution is -2.41. The first-order valence-corrected chi connectivity index (χ1v) is 8.15. The molecule has 1 fully saturated rings. The summed E-state index contributed by atoms with van der Waals surface area (Å²) >= 11 is 0. The Bertz CT molecular complexity index is 646. The molecule has 0 unspecified atom stereocenters. The number of halogens is 4. The van der Waals surface area contributed by atoms with Crippen molar-refractivity contribution in [2.75, 3.05) is 20.1 Å². The SMILES string of the molecule is CNC[C@H]1CCCN1S(=O)(=O)c1ccc(F)cc1C(F)(F)F. The highest BCUT2D eigenvalue weighted by Crippen LogP contribution is 2.37. The van der Waals surface area contributed by atoms with E-state index in [1.54, 1.807) is 7.05 Å². The number of nitrogens with one attached hydrogen (secondary N) is 1. The maximum atomic E-state index is 13.1. The summed E-state index contributed by atoms with van der Waals surface area (Å²) in [5, 5.41) is 2.83. The van der Waals surface area contributed by atoms with Gasteiger partial charge in [0.05, 0.1) is 10.5 Å². The van der Waals surface area contributed by atoms with E-state index in [0.29, 0.717) is 25.5 Å². The van der Waals surface area contributed by atoms with Crippen LogP contribution in [0, 0.1) is 5.82 Å². The molecule has 0 aliphatic carbocycles. The molecule has 0 radical (unpaired) electrons. The second kappa shape index (κ2) is 6.13. The van der Waals surface area contributed by atoms with Crippen LogP contribution in [-0.2, 0) is 16.2 Å². The van der Waals surface area contributed by atoms with Gasteiger partial charge in [-0.2, -0.15) is 17.5 Å². The predicted molar refractivity (Wildman–Crippen MR) is 72.2 cm³/mol. The second-order valence-electron chi connectivity index (χ2n) is 5.11. The molecule has 4 nitrogen and oxygen atoms in total. The van der Waals surface area contributed by atoms with E-state index in [4.69, 9.17) is 0 Å². The normalized spacial score (nSPS) is 20.5. The molecule has 1 aromatic rings. The lowest BCUT2D eigenvalue weighted by molar-refractivity contribution is -0.140. The van der Waals surface area contributed by atoms with Crippen molar-refractivity contribution in [1.82, 2.24) is 9.62 Å². The zero-order valence-electron chi connectivity index (χ0n) is 11.8. The molecule has 22 heavy (non-hydrogen) atoms. The van der Waals surface area contributed by atoms with Gasteiger partial charge < -0.3 is 5.32 Å². The minimum atomic E-state index is -4.94. The Balaban J connectivity index is 2.50. The van der Waals surface area contributed by atoms with Gasteiger partial charge in [0.15, 0.2) is 0 Å². The van der Waals surface area contributed by atoms with Gasteiger partial charge in [0, 0.05) is 19.1 Å². The Morgan fingerprint density at radius 1 is 1.36 bits per heavy atom. The van der Waals surface area contributed by atoms with Crippen LogP contribution >= 0.6 is 0 Å². The number of hydrogen-bond acceptors (Lipinski definition) is 3. The zero-order valence-corrected chi connectivity index (χ0v) is 12.6. The van der Waals surface area contributed by atoms with Crippen LogP contribution < -0.4 is 5.32 Å². The fraction of sp³-hybridized carbons (Fsp3) is 0.538. The van der Waals surface area contributed by atoms with E-state index in [1.807, 2.05) is 0 Å². The maximum Gasteiger partial charge on any atom is 0.417 e. The predicted octanol–water partition coefficient (Wildman–Crippen LogP) is 2.22. The molecule has 0 aromatic heterocycles. The van der Waals surface area contributed by atoms with E-state index in [-0.39, 0.29) is 12.6 Å². The topological polar surface area (TPSA) is 49.4 Å². The Hall–Kier alpha value is -1.19.